The van der Waals surface area contributed by atoms with E-state index in [1.807, 2.05) is 0 Å². The van der Waals surface area contributed by atoms with E-state index in [1.165, 1.54) is 32.1 Å². The molecule has 5 heteroatoms. The maximum atomic E-state index is 13.4. The average molecular weight is 296 g/mol. The largest absolute Gasteiger partial charge is 0.322 e. The van der Waals surface area contributed by atoms with E-state index in [-0.39, 0.29) is 18.1 Å². The van der Waals surface area contributed by atoms with Crippen molar-refractivity contribution in [2.75, 3.05) is 11.9 Å². The van der Waals surface area contributed by atoms with Crippen LogP contribution < -0.4 is 10.6 Å². The highest BCUT2D eigenvalue weighted by atomic mass is 19.1. The number of hydrogen-bond acceptors (Lipinski definition) is 2. The molecule has 1 aliphatic rings. The fourth-order valence-corrected chi connectivity index (χ4v) is 2.68. The first-order chi connectivity index (χ1) is 10.1. The third-order valence-electron chi connectivity index (χ3n) is 3.86. The summed E-state index contributed by atoms with van der Waals surface area (Å²) in [5, 5.41) is 5.62. The van der Waals surface area contributed by atoms with E-state index in [2.05, 4.69) is 10.6 Å². The molecule has 0 bridgehead atoms. The first-order valence-corrected chi connectivity index (χ1v) is 7.63. The van der Waals surface area contributed by atoms with E-state index in [1.54, 1.807) is 0 Å². The summed E-state index contributed by atoms with van der Waals surface area (Å²) in [6.45, 7) is 0.126. The lowest BCUT2D eigenvalue weighted by atomic mass is 9.97. The molecule has 0 aliphatic heterocycles. The summed E-state index contributed by atoms with van der Waals surface area (Å²) < 4.78 is 26.4. The summed E-state index contributed by atoms with van der Waals surface area (Å²) in [4.78, 5) is 11.8. The smallest absolute Gasteiger partial charge is 0.238 e. The minimum atomic E-state index is -0.629. The van der Waals surface area contributed by atoms with Crippen molar-refractivity contribution in [3.63, 3.8) is 0 Å². The molecule has 1 fully saturated rings. The maximum Gasteiger partial charge on any atom is 0.238 e. The van der Waals surface area contributed by atoms with Crippen LogP contribution in [0.1, 0.15) is 44.9 Å². The quantitative estimate of drug-likeness (QED) is 0.891. The fourth-order valence-electron chi connectivity index (χ4n) is 2.68. The van der Waals surface area contributed by atoms with Crippen molar-refractivity contribution in [2.45, 2.75) is 51.0 Å². The van der Waals surface area contributed by atoms with Crippen LogP contribution in [0.2, 0.25) is 0 Å². The molecule has 0 atom stereocenters. The van der Waals surface area contributed by atoms with Gasteiger partial charge in [-0.2, -0.15) is 0 Å². The molecule has 0 radical (unpaired) electrons. The number of carbonyl (C=O) groups is 1. The maximum absolute atomic E-state index is 13.4. The second-order valence-electron chi connectivity index (χ2n) is 5.60. The number of nitrogens with one attached hydrogen (secondary N) is 2. The molecule has 1 amide bonds. The van der Waals surface area contributed by atoms with Crippen molar-refractivity contribution >= 4 is 11.6 Å². The molecule has 2 rings (SSSR count). The Morgan fingerprint density at radius 1 is 1.10 bits per heavy atom. The van der Waals surface area contributed by atoms with Gasteiger partial charge in [-0.15, -0.1) is 0 Å². The van der Waals surface area contributed by atoms with Gasteiger partial charge in [0.25, 0.3) is 0 Å². The Bertz CT molecular complexity index is 471. The number of amides is 1. The Balaban J connectivity index is 1.79. The predicted molar refractivity (Wildman–Crippen MR) is 79.1 cm³/mol. The standard InChI is InChI=1S/C16H22F2N2O/c17-12-8-9-14(18)15(10-12)20-16(21)11-19-13-6-4-2-1-3-5-7-13/h8-10,13,19H,1-7,11H2,(H,20,21). The van der Waals surface area contributed by atoms with Gasteiger partial charge in [0, 0.05) is 12.1 Å². The van der Waals surface area contributed by atoms with Gasteiger partial charge in [0.05, 0.1) is 12.2 Å². The van der Waals surface area contributed by atoms with Crippen LogP contribution in [-0.2, 0) is 4.79 Å². The Labute approximate surface area is 124 Å². The number of carbonyl (C=O) groups excluding carboxylic acids is 1. The van der Waals surface area contributed by atoms with Gasteiger partial charge >= 0.3 is 0 Å². The lowest BCUT2D eigenvalue weighted by molar-refractivity contribution is -0.115. The van der Waals surface area contributed by atoms with Crippen molar-refractivity contribution in [1.29, 1.82) is 0 Å². The Kier molecular flexibility index (Phi) is 6.11. The van der Waals surface area contributed by atoms with Gasteiger partial charge in [0.2, 0.25) is 5.91 Å². The molecule has 0 heterocycles. The predicted octanol–water partition coefficient (Wildman–Crippen LogP) is 3.61. The molecule has 0 spiro atoms. The molecule has 0 aromatic heterocycles. The number of benzene rings is 1. The van der Waals surface area contributed by atoms with Gasteiger partial charge in [-0.25, -0.2) is 8.78 Å². The molecule has 0 unspecified atom stereocenters. The zero-order valence-electron chi connectivity index (χ0n) is 12.1. The van der Waals surface area contributed by atoms with Crippen LogP contribution in [0.25, 0.3) is 0 Å². The highest BCUT2D eigenvalue weighted by molar-refractivity contribution is 5.92. The van der Waals surface area contributed by atoms with Crippen LogP contribution in [0.15, 0.2) is 18.2 Å². The number of hydrogen-bond donors (Lipinski definition) is 2. The molecule has 21 heavy (non-hydrogen) atoms. The van der Waals surface area contributed by atoms with Crippen molar-refractivity contribution < 1.29 is 13.6 Å². The summed E-state index contributed by atoms with van der Waals surface area (Å²) in [7, 11) is 0. The van der Waals surface area contributed by atoms with Gasteiger partial charge in [0.1, 0.15) is 11.6 Å². The molecule has 1 aliphatic carbocycles. The average Bonchev–Trinajstić information content (AvgIpc) is 2.42. The molecule has 1 saturated carbocycles. The van der Waals surface area contributed by atoms with Crippen molar-refractivity contribution in [3.8, 4) is 0 Å². The first-order valence-electron chi connectivity index (χ1n) is 7.63. The fraction of sp³-hybridized carbons (Fsp3) is 0.562. The van der Waals surface area contributed by atoms with Crippen LogP contribution in [0, 0.1) is 11.6 Å². The monoisotopic (exact) mass is 296 g/mol. The van der Waals surface area contributed by atoms with Gasteiger partial charge < -0.3 is 10.6 Å². The van der Waals surface area contributed by atoms with Gasteiger partial charge in [-0.3, -0.25) is 4.79 Å². The Hall–Kier alpha value is -1.49. The van der Waals surface area contributed by atoms with Gasteiger partial charge in [-0.1, -0.05) is 32.1 Å². The highest BCUT2D eigenvalue weighted by Crippen LogP contribution is 2.17. The number of halogens is 2. The molecule has 2 N–H and O–H groups in total. The SMILES string of the molecule is O=C(CNC1CCCCCCC1)Nc1cc(F)ccc1F. The minimum Gasteiger partial charge on any atom is -0.322 e. The third-order valence-corrected chi connectivity index (χ3v) is 3.86. The summed E-state index contributed by atoms with van der Waals surface area (Å²) in [6.07, 6.45) is 8.29. The lowest BCUT2D eigenvalue weighted by Gasteiger charge is -2.20. The van der Waals surface area contributed by atoms with Crippen LogP contribution in [0.3, 0.4) is 0 Å². The van der Waals surface area contributed by atoms with Gasteiger partial charge in [0.15, 0.2) is 0 Å². The second kappa shape index (κ2) is 8.08. The summed E-state index contributed by atoms with van der Waals surface area (Å²) >= 11 is 0. The molecule has 0 saturated heterocycles. The summed E-state index contributed by atoms with van der Waals surface area (Å²) in [6, 6.07) is 3.36. The Morgan fingerprint density at radius 2 is 1.76 bits per heavy atom. The van der Waals surface area contributed by atoms with Crippen LogP contribution in [0.4, 0.5) is 14.5 Å². The van der Waals surface area contributed by atoms with Gasteiger partial charge in [-0.05, 0) is 25.0 Å². The molecule has 3 nitrogen and oxygen atoms in total. The van der Waals surface area contributed by atoms with Crippen molar-refractivity contribution in [3.05, 3.63) is 29.8 Å². The minimum absolute atomic E-state index is 0.112. The highest BCUT2D eigenvalue weighted by Gasteiger charge is 2.13. The molecular formula is C16H22F2N2O. The molecule has 1 aromatic carbocycles. The normalized spacial score (nSPS) is 17.0. The second-order valence-corrected chi connectivity index (χ2v) is 5.60. The van der Waals surface area contributed by atoms with Crippen LogP contribution >= 0.6 is 0 Å². The zero-order chi connectivity index (χ0) is 15.1. The molecule has 1 aromatic rings. The van der Waals surface area contributed by atoms with E-state index < -0.39 is 11.6 Å². The van der Waals surface area contributed by atoms with E-state index in [0.29, 0.717) is 6.04 Å². The van der Waals surface area contributed by atoms with E-state index in [4.69, 9.17) is 0 Å². The van der Waals surface area contributed by atoms with Crippen molar-refractivity contribution in [2.24, 2.45) is 0 Å². The topological polar surface area (TPSA) is 41.1 Å². The third kappa shape index (κ3) is 5.42. The van der Waals surface area contributed by atoms with E-state index in [0.717, 1.165) is 31.0 Å². The van der Waals surface area contributed by atoms with Crippen LogP contribution in [-0.4, -0.2) is 18.5 Å². The van der Waals surface area contributed by atoms with E-state index >= 15 is 0 Å². The lowest BCUT2D eigenvalue weighted by Crippen LogP contribution is -2.36. The number of anilines is 1. The summed E-state index contributed by atoms with van der Waals surface area (Å²) in [5.74, 6) is -1.54. The first kappa shape index (κ1) is 15.9. The van der Waals surface area contributed by atoms with Crippen LogP contribution in [0.5, 0.6) is 0 Å². The Morgan fingerprint density at radius 3 is 2.48 bits per heavy atom. The van der Waals surface area contributed by atoms with E-state index in [9.17, 15) is 13.6 Å². The zero-order valence-corrected chi connectivity index (χ0v) is 12.1. The summed E-state index contributed by atoms with van der Waals surface area (Å²) in [5.41, 5.74) is -0.112. The molecule has 116 valence electrons. The molecular weight excluding hydrogens is 274 g/mol. The van der Waals surface area contributed by atoms with Crippen molar-refractivity contribution in [1.82, 2.24) is 5.32 Å². The number of rotatable bonds is 4.